The molecule has 1 aliphatic heterocycles. The average molecular weight is 362 g/mol. The molecular weight excluding hydrogens is 340 g/mol. The Morgan fingerprint density at radius 3 is 2.40 bits per heavy atom. The van der Waals surface area contributed by atoms with Crippen molar-refractivity contribution in [3.63, 3.8) is 0 Å². The summed E-state index contributed by atoms with van der Waals surface area (Å²) < 4.78 is 28.7. The third kappa shape index (κ3) is 3.85. The van der Waals surface area contributed by atoms with E-state index < -0.39 is 15.9 Å². The number of primary amides is 1. The van der Waals surface area contributed by atoms with Crippen molar-refractivity contribution in [2.75, 3.05) is 18.0 Å². The minimum absolute atomic E-state index is 0.0255. The molecule has 0 saturated carbocycles. The molecule has 3 rings (SSSR count). The number of rotatable bonds is 6. The maximum absolute atomic E-state index is 12.4. The van der Waals surface area contributed by atoms with Crippen molar-refractivity contribution in [3.8, 4) is 0 Å². The lowest BCUT2D eigenvalue weighted by atomic mass is 10.2. The van der Waals surface area contributed by atoms with Crippen LogP contribution in [0.25, 0.3) is 0 Å². The van der Waals surface area contributed by atoms with Gasteiger partial charge in [0.2, 0.25) is 10.0 Å². The molecule has 7 nitrogen and oxygen atoms in total. The quantitative estimate of drug-likeness (QED) is 0.807. The first-order valence-electron chi connectivity index (χ1n) is 8.16. The molecule has 2 aromatic rings. The highest BCUT2D eigenvalue weighted by Gasteiger charge is 2.19. The third-order valence-electron chi connectivity index (χ3n) is 4.42. The van der Waals surface area contributed by atoms with Crippen molar-refractivity contribution in [2.45, 2.75) is 24.3 Å². The maximum Gasteiger partial charge on any atom is 0.265 e. The van der Waals surface area contributed by atoms with Crippen LogP contribution in [0.3, 0.4) is 0 Å². The summed E-state index contributed by atoms with van der Waals surface area (Å²) in [6, 6.07) is 9.17. The molecule has 0 atom stereocenters. The van der Waals surface area contributed by atoms with Crippen LogP contribution >= 0.6 is 0 Å². The van der Waals surface area contributed by atoms with E-state index in [1.165, 1.54) is 35.4 Å². The minimum atomic E-state index is -3.71. The Hall–Kier alpha value is -2.32. The molecule has 1 fully saturated rings. The molecule has 25 heavy (non-hydrogen) atoms. The van der Waals surface area contributed by atoms with Crippen LogP contribution in [0.4, 0.5) is 5.69 Å². The zero-order chi connectivity index (χ0) is 18.0. The Labute approximate surface area is 147 Å². The monoisotopic (exact) mass is 362 g/mol. The first-order valence-corrected chi connectivity index (χ1v) is 9.65. The molecule has 2 heterocycles. The summed E-state index contributed by atoms with van der Waals surface area (Å²) in [7, 11) is -2.13. The summed E-state index contributed by atoms with van der Waals surface area (Å²) in [6.45, 7) is 2.33. The van der Waals surface area contributed by atoms with E-state index in [1.54, 1.807) is 7.05 Å². The van der Waals surface area contributed by atoms with Gasteiger partial charge >= 0.3 is 0 Å². The molecule has 1 amide bonds. The lowest BCUT2D eigenvalue weighted by molar-refractivity contribution is 0.0992. The largest absolute Gasteiger partial charge is 0.372 e. The molecular formula is C17H22N4O3S. The number of aromatic nitrogens is 1. The summed E-state index contributed by atoms with van der Waals surface area (Å²) >= 11 is 0. The van der Waals surface area contributed by atoms with Crippen LogP contribution in [0.2, 0.25) is 0 Å². The zero-order valence-electron chi connectivity index (χ0n) is 14.1. The number of hydrogen-bond acceptors (Lipinski definition) is 4. The van der Waals surface area contributed by atoms with E-state index in [2.05, 4.69) is 9.62 Å². The lowest BCUT2D eigenvalue weighted by Crippen LogP contribution is -2.23. The van der Waals surface area contributed by atoms with Crippen LogP contribution < -0.4 is 15.4 Å². The van der Waals surface area contributed by atoms with Crippen LogP contribution in [-0.2, 0) is 23.6 Å². The van der Waals surface area contributed by atoms with E-state index in [1.807, 2.05) is 24.3 Å². The Morgan fingerprint density at radius 2 is 1.84 bits per heavy atom. The molecule has 0 spiro atoms. The van der Waals surface area contributed by atoms with Crippen LogP contribution in [0, 0.1) is 0 Å². The molecule has 8 heteroatoms. The highest BCUT2D eigenvalue weighted by atomic mass is 32.2. The predicted octanol–water partition coefficient (Wildman–Crippen LogP) is 1.20. The molecule has 0 unspecified atom stereocenters. The molecule has 134 valence electrons. The van der Waals surface area contributed by atoms with E-state index >= 15 is 0 Å². The first kappa shape index (κ1) is 17.5. The van der Waals surface area contributed by atoms with Gasteiger partial charge in [0, 0.05) is 38.6 Å². The molecule has 3 N–H and O–H groups in total. The molecule has 0 bridgehead atoms. The zero-order valence-corrected chi connectivity index (χ0v) is 14.9. The second-order valence-corrected chi connectivity index (χ2v) is 7.99. The van der Waals surface area contributed by atoms with E-state index in [-0.39, 0.29) is 17.1 Å². The SMILES string of the molecule is Cn1cc(S(=O)(=O)NCc2ccc(N3CCCC3)cc2)cc1C(N)=O. The Kier molecular flexibility index (Phi) is 4.82. The van der Waals surface area contributed by atoms with Gasteiger partial charge in [0.15, 0.2) is 0 Å². The number of nitrogens with two attached hydrogens (primary N) is 1. The van der Waals surface area contributed by atoms with Crippen LogP contribution in [0.1, 0.15) is 28.9 Å². The fourth-order valence-electron chi connectivity index (χ4n) is 2.99. The van der Waals surface area contributed by atoms with E-state index in [9.17, 15) is 13.2 Å². The van der Waals surface area contributed by atoms with Crippen molar-refractivity contribution in [1.29, 1.82) is 0 Å². The minimum Gasteiger partial charge on any atom is -0.372 e. The summed E-state index contributed by atoms with van der Waals surface area (Å²) in [5.74, 6) is -0.665. The Balaban J connectivity index is 1.67. The van der Waals surface area contributed by atoms with Crippen molar-refractivity contribution in [2.24, 2.45) is 12.8 Å². The number of aryl methyl sites for hydroxylation is 1. The maximum atomic E-state index is 12.4. The number of anilines is 1. The van der Waals surface area contributed by atoms with Crippen molar-refractivity contribution >= 4 is 21.6 Å². The van der Waals surface area contributed by atoms with Gasteiger partial charge in [0.25, 0.3) is 5.91 Å². The van der Waals surface area contributed by atoms with Gasteiger partial charge in [0.05, 0.1) is 0 Å². The molecule has 0 radical (unpaired) electrons. The Morgan fingerprint density at radius 1 is 1.20 bits per heavy atom. The van der Waals surface area contributed by atoms with E-state index in [0.717, 1.165) is 18.7 Å². The van der Waals surface area contributed by atoms with Crippen LogP contribution in [-0.4, -0.2) is 32.0 Å². The number of nitrogens with zero attached hydrogens (tertiary/aromatic N) is 2. The summed E-state index contributed by atoms with van der Waals surface area (Å²) in [5, 5.41) is 0. The van der Waals surface area contributed by atoms with Gasteiger partial charge in [-0.1, -0.05) is 12.1 Å². The number of amides is 1. The normalized spacial score (nSPS) is 14.8. The number of benzene rings is 1. The summed E-state index contributed by atoms with van der Waals surface area (Å²) in [4.78, 5) is 13.6. The van der Waals surface area contributed by atoms with Crippen molar-refractivity contribution in [1.82, 2.24) is 9.29 Å². The highest BCUT2D eigenvalue weighted by molar-refractivity contribution is 7.89. The van der Waals surface area contributed by atoms with Crippen molar-refractivity contribution in [3.05, 3.63) is 47.8 Å². The molecule has 1 aromatic heterocycles. The van der Waals surface area contributed by atoms with Gasteiger partial charge in [0.1, 0.15) is 10.6 Å². The number of sulfonamides is 1. The average Bonchev–Trinajstić information content (AvgIpc) is 3.23. The lowest BCUT2D eigenvalue weighted by Gasteiger charge is -2.17. The van der Waals surface area contributed by atoms with Gasteiger partial charge in [-0.25, -0.2) is 13.1 Å². The van der Waals surface area contributed by atoms with Gasteiger partial charge in [-0.15, -0.1) is 0 Å². The summed E-state index contributed by atoms with van der Waals surface area (Å²) in [5.41, 5.74) is 7.41. The molecule has 1 aliphatic rings. The number of carbonyl (C=O) groups is 1. The van der Waals surface area contributed by atoms with Gasteiger partial charge < -0.3 is 15.2 Å². The standard InChI is InChI=1S/C17H22N4O3S/c1-20-12-15(10-16(20)17(18)22)25(23,24)19-11-13-4-6-14(7-5-13)21-8-2-3-9-21/h4-7,10,12,19H,2-3,8-9,11H2,1H3,(H2,18,22). The predicted molar refractivity (Wildman–Crippen MR) is 95.8 cm³/mol. The fourth-order valence-corrected chi connectivity index (χ4v) is 4.07. The van der Waals surface area contributed by atoms with Gasteiger partial charge in [-0.3, -0.25) is 4.79 Å². The topological polar surface area (TPSA) is 97.4 Å². The smallest absolute Gasteiger partial charge is 0.265 e. The molecule has 0 aliphatic carbocycles. The van der Waals surface area contributed by atoms with E-state index in [0.29, 0.717) is 0 Å². The van der Waals surface area contributed by atoms with Crippen LogP contribution in [0.5, 0.6) is 0 Å². The van der Waals surface area contributed by atoms with Gasteiger partial charge in [-0.05, 0) is 36.6 Å². The number of hydrogen-bond donors (Lipinski definition) is 2. The second kappa shape index (κ2) is 6.89. The molecule has 1 saturated heterocycles. The second-order valence-electron chi connectivity index (χ2n) is 6.22. The van der Waals surface area contributed by atoms with E-state index in [4.69, 9.17) is 5.73 Å². The molecule has 1 aromatic carbocycles. The third-order valence-corrected chi connectivity index (χ3v) is 5.78. The summed E-state index contributed by atoms with van der Waals surface area (Å²) in [6.07, 6.45) is 3.80. The highest BCUT2D eigenvalue weighted by Crippen LogP contribution is 2.20. The Bertz CT molecular complexity index is 866. The fraction of sp³-hybridized carbons (Fsp3) is 0.353. The number of carbonyl (C=O) groups excluding carboxylic acids is 1. The van der Waals surface area contributed by atoms with Crippen LogP contribution in [0.15, 0.2) is 41.4 Å². The first-order chi connectivity index (χ1) is 11.9. The van der Waals surface area contributed by atoms with Gasteiger partial charge in [-0.2, -0.15) is 0 Å². The van der Waals surface area contributed by atoms with Crippen molar-refractivity contribution < 1.29 is 13.2 Å². The number of nitrogens with one attached hydrogen (secondary N) is 1.